The molecule has 0 unspecified atom stereocenters. The predicted octanol–water partition coefficient (Wildman–Crippen LogP) is 8.09. The number of phenolic OH excluding ortho intramolecular Hbond substituents is 1. The van der Waals surface area contributed by atoms with Crippen molar-refractivity contribution in [2.75, 3.05) is 6.61 Å². The van der Waals surface area contributed by atoms with Crippen molar-refractivity contribution >= 4 is 0 Å². The number of hydrogen-bond donors (Lipinski definition) is 1. The Morgan fingerprint density at radius 3 is 1.88 bits per heavy atom. The van der Waals surface area contributed by atoms with Crippen LogP contribution in [0.4, 0.5) is 22.0 Å². The summed E-state index contributed by atoms with van der Waals surface area (Å²) in [6, 6.07) is 10.9. The van der Waals surface area contributed by atoms with Gasteiger partial charge < -0.3 is 9.84 Å². The number of ether oxygens (including phenoxy) is 1. The van der Waals surface area contributed by atoms with E-state index in [1.807, 2.05) is 13.8 Å². The second kappa shape index (κ2) is 9.85. The molecule has 0 bridgehead atoms. The Kier molecular flexibility index (Phi) is 7.18. The first-order valence-corrected chi connectivity index (χ1v) is 9.77. The summed E-state index contributed by atoms with van der Waals surface area (Å²) >= 11 is 0. The van der Waals surface area contributed by atoms with Crippen LogP contribution in [0.25, 0.3) is 22.3 Å². The molecule has 1 N–H and O–H groups in total. The van der Waals surface area contributed by atoms with E-state index in [9.17, 15) is 27.1 Å². The second-order valence-electron chi connectivity index (χ2n) is 7.41. The number of benzene rings is 3. The molecule has 0 aromatic heterocycles. The Hall–Kier alpha value is -3.35. The predicted molar refractivity (Wildman–Crippen MR) is 114 cm³/mol. The van der Waals surface area contributed by atoms with Crippen LogP contribution in [0.3, 0.4) is 0 Å². The normalized spacial score (nSPS) is 11.2. The van der Waals surface area contributed by atoms with Gasteiger partial charge >= 0.3 is 0 Å². The first-order chi connectivity index (χ1) is 15.2. The van der Waals surface area contributed by atoms with Gasteiger partial charge in [0.1, 0.15) is 12.4 Å². The van der Waals surface area contributed by atoms with Gasteiger partial charge in [0.2, 0.25) is 0 Å². The average molecular weight is 448 g/mol. The van der Waals surface area contributed by atoms with E-state index < -0.39 is 29.8 Å². The lowest BCUT2D eigenvalue weighted by Gasteiger charge is -2.17. The summed E-state index contributed by atoms with van der Waals surface area (Å²) in [6.07, 6.45) is -4.19. The van der Waals surface area contributed by atoms with Crippen molar-refractivity contribution in [3.8, 4) is 33.8 Å². The molecule has 0 fully saturated rings. The fourth-order valence-corrected chi connectivity index (χ4v) is 3.22. The minimum Gasteiger partial charge on any atom is -0.508 e. The highest BCUT2D eigenvalue weighted by molar-refractivity contribution is 5.77. The molecule has 7 heteroatoms. The molecule has 3 rings (SSSR count). The Balaban J connectivity index is 2.10. The van der Waals surface area contributed by atoms with E-state index in [2.05, 4.69) is 0 Å². The Morgan fingerprint density at radius 1 is 0.844 bits per heavy atom. The van der Waals surface area contributed by atoms with Crippen LogP contribution in [0.1, 0.15) is 37.8 Å². The summed E-state index contributed by atoms with van der Waals surface area (Å²) in [6.45, 7) is 3.85. The molecule has 0 amide bonds. The zero-order valence-corrected chi connectivity index (χ0v) is 17.4. The maximum Gasteiger partial charge on any atom is 0.264 e. The molecule has 0 atom stereocenters. The number of aromatic hydroxyl groups is 1. The SMILES string of the molecule is CC(C)=CCOc1ccc(-c2cc(C(F)F)c(-c3ccc(O)cc3)cc2C(F)F)cc1F. The smallest absolute Gasteiger partial charge is 0.264 e. The molecule has 0 aliphatic heterocycles. The number of alkyl halides is 4. The highest BCUT2D eigenvalue weighted by atomic mass is 19.3. The molecule has 3 aromatic rings. The molecule has 2 nitrogen and oxygen atoms in total. The molecule has 32 heavy (non-hydrogen) atoms. The van der Waals surface area contributed by atoms with Gasteiger partial charge in [0.05, 0.1) is 0 Å². The summed E-state index contributed by atoms with van der Waals surface area (Å²) in [5.41, 5.74) is 0.0207. The lowest BCUT2D eigenvalue weighted by atomic mass is 9.90. The molecule has 0 heterocycles. The van der Waals surface area contributed by atoms with Crippen LogP contribution in [0, 0.1) is 5.82 Å². The maximum atomic E-state index is 14.5. The third-order valence-corrected chi connectivity index (χ3v) is 4.84. The third kappa shape index (κ3) is 5.28. The summed E-state index contributed by atoms with van der Waals surface area (Å²) in [5, 5.41) is 9.43. The zero-order chi connectivity index (χ0) is 23.4. The highest BCUT2D eigenvalue weighted by Gasteiger charge is 2.23. The van der Waals surface area contributed by atoms with E-state index in [-0.39, 0.29) is 40.4 Å². The van der Waals surface area contributed by atoms with Gasteiger partial charge in [-0.3, -0.25) is 0 Å². The molecule has 0 aliphatic rings. The number of phenols is 1. The van der Waals surface area contributed by atoms with Crippen LogP contribution in [-0.2, 0) is 0 Å². The van der Waals surface area contributed by atoms with Crippen LogP contribution in [0.15, 0.2) is 66.2 Å². The summed E-state index contributed by atoms with van der Waals surface area (Å²) in [7, 11) is 0. The third-order valence-electron chi connectivity index (χ3n) is 4.84. The van der Waals surface area contributed by atoms with E-state index in [1.165, 1.54) is 36.4 Å². The molecular formula is C25H21F5O2. The second-order valence-corrected chi connectivity index (χ2v) is 7.41. The van der Waals surface area contributed by atoms with Gasteiger partial charge in [-0.1, -0.05) is 23.8 Å². The van der Waals surface area contributed by atoms with Crippen molar-refractivity contribution in [1.29, 1.82) is 0 Å². The fraction of sp³-hybridized carbons (Fsp3) is 0.200. The van der Waals surface area contributed by atoms with Crippen LogP contribution in [0.2, 0.25) is 0 Å². The molecule has 0 saturated heterocycles. The number of rotatable bonds is 7. The lowest BCUT2D eigenvalue weighted by Crippen LogP contribution is -2.00. The topological polar surface area (TPSA) is 29.5 Å². The molecule has 3 aromatic carbocycles. The van der Waals surface area contributed by atoms with E-state index in [0.717, 1.165) is 23.8 Å². The van der Waals surface area contributed by atoms with E-state index in [1.54, 1.807) is 6.08 Å². The molecule has 0 radical (unpaired) electrons. The molecule has 168 valence electrons. The summed E-state index contributed by atoms with van der Waals surface area (Å²) in [4.78, 5) is 0. The van der Waals surface area contributed by atoms with Crippen molar-refractivity contribution in [3.05, 3.63) is 83.2 Å². The van der Waals surface area contributed by atoms with Crippen LogP contribution >= 0.6 is 0 Å². The van der Waals surface area contributed by atoms with Gasteiger partial charge in [0.15, 0.2) is 11.6 Å². The number of halogens is 5. The number of allylic oxidation sites excluding steroid dienone is 1. The molecule has 0 spiro atoms. The van der Waals surface area contributed by atoms with Crippen molar-refractivity contribution in [1.82, 2.24) is 0 Å². The molecular weight excluding hydrogens is 427 g/mol. The van der Waals surface area contributed by atoms with Gasteiger partial charge in [-0.25, -0.2) is 22.0 Å². The maximum absolute atomic E-state index is 14.5. The summed E-state index contributed by atoms with van der Waals surface area (Å²) < 4.78 is 75.3. The van der Waals surface area contributed by atoms with E-state index in [4.69, 9.17) is 4.74 Å². The van der Waals surface area contributed by atoms with Gasteiger partial charge in [0.25, 0.3) is 12.9 Å². The minimum absolute atomic E-state index is 0.0338. The Labute approximate surface area is 182 Å². The van der Waals surface area contributed by atoms with Crippen LogP contribution in [0.5, 0.6) is 11.5 Å². The largest absolute Gasteiger partial charge is 0.508 e. The van der Waals surface area contributed by atoms with Gasteiger partial charge in [-0.2, -0.15) is 0 Å². The fourth-order valence-electron chi connectivity index (χ4n) is 3.22. The van der Waals surface area contributed by atoms with E-state index in [0.29, 0.717) is 0 Å². The first kappa shape index (κ1) is 23.3. The quantitative estimate of drug-likeness (QED) is 0.292. The van der Waals surface area contributed by atoms with Crippen molar-refractivity contribution < 1.29 is 31.8 Å². The Morgan fingerprint density at radius 2 is 1.38 bits per heavy atom. The van der Waals surface area contributed by atoms with Gasteiger partial charge in [-0.05, 0) is 78.6 Å². The summed E-state index contributed by atoms with van der Waals surface area (Å²) in [5.74, 6) is -0.939. The Bertz CT molecular complexity index is 1120. The first-order valence-electron chi connectivity index (χ1n) is 9.77. The monoisotopic (exact) mass is 448 g/mol. The van der Waals surface area contributed by atoms with Gasteiger partial charge in [0, 0.05) is 11.1 Å². The van der Waals surface area contributed by atoms with Crippen molar-refractivity contribution in [2.45, 2.75) is 26.7 Å². The van der Waals surface area contributed by atoms with E-state index >= 15 is 0 Å². The molecule has 0 saturated carbocycles. The number of hydrogen-bond acceptors (Lipinski definition) is 2. The average Bonchev–Trinajstić information content (AvgIpc) is 2.74. The molecule has 0 aliphatic carbocycles. The van der Waals surface area contributed by atoms with Crippen LogP contribution in [-0.4, -0.2) is 11.7 Å². The standard InChI is InChI=1S/C25H21F5O2/c1-14(2)9-10-32-23-8-5-16(11-22(23)26)19-13-20(24(27)28)18(12-21(19)25(29)30)15-3-6-17(31)7-4-15/h3-9,11-13,24-25,31H,10H2,1-2H3. The lowest BCUT2D eigenvalue weighted by molar-refractivity contribution is 0.148. The van der Waals surface area contributed by atoms with Crippen molar-refractivity contribution in [2.24, 2.45) is 0 Å². The van der Waals surface area contributed by atoms with Crippen LogP contribution < -0.4 is 4.74 Å². The van der Waals surface area contributed by atoms with Crippen molar-refractivity contribution in [3.63, 3.8) is 0 Å². The van der Waals surface area contributed by atoms with Gasteiger partial charge in [-0.15, -0.1) is 0 Å². The zero-order valence-electron chi connectivity index (χ0n) is 17.4. The minimum atomic E-state index is -2.98. The highest BCUT2D eigenvalue weighted by Crippen LogP contribution is 2.41.